The van der Waals surface area contributed by atoms with Crippen LogP contribution in [-0.4, -0.2) is 4.92 Å². The van der Waals surface area contributed by atoms with E-state index in [9.17, 15) is 10.1 Å². The first-order valence-corrected chi connectivity index (χ1v) is 4.60. The molecule has 0 aromatic heterocycles. The maximum absolute atomic E-state index is 10.7. The molecule has 0 atom stereocenters. The second-order valence-corrected chi connectivity index (χ2v) is 2.99. The normalized spacial score (nSPS) is 8.77. The molecule has 4 heteroatoms. The summed E-state index contributed by atoms with van der Waals surface area (Å²) in [6.45, 7) is 1.70. The number of hydrogen-bond acceptors (Lipinski definition) is 2. The molecule has 0 unspecified atom stereocenters. The van der Waals surface area contributed by atoms with Crippen LogP contribution in [0.15, 0.2) is 18.2 Å². The monoisotopic (exact) mass is 287 g/mol. The van der Waals surface area contributed by atoms with Gasteiger partial charge in [-0.2, -0.15) is 0 Å². The number of nitrogens with zero attached hydrogens (tertiary/aromatic N) is 1. The molecular weight excluding hydrogens is 281 g/mol. The van der Waals surface area contributed by atoms with Crippen molar-refractivity contribution in [2.75, 3.05) is 0 Å². The van der Waals surface area contributed by atoms with Crippen molar-refractivity contribution < 1.29 is 4.92 Å². The van der Waals surface area contributed by atoms with E-state index in [0.717, 1.165) is 0 Å². The number of nitro groups is 1. The van der Waals surface area contributed by atoms with Gasteiger partial charge in [-0.05, 0) is 22.8 Å². The molecular formula is C9H6INO2. The molecule has 0 amide bonds. The minimum absolute atomic E-state index is 0.103. The molecule has 1 aromatic rings. The van der Waals surface area contributed by atoms with Gasteiger partial charge in [-0.3, -0.25) is 10.1 Å². The number of aryl methyl sites for hydroxylation is 1. The fourth-order valence-corrected chi connectivity index (χ4v) is 1.34. The number of halogens is 1. The van der Waals surface area contributed by atoms with Crippen molar-refractivity contribution in [2.24, 2.45) is 0 Å². The fraction of sp³-hybridized carbons (Fsp3) is 0.111. The van der Waals surface area contributed by atoms with E-state index in [1.807, 2.05) is 22.6 Å². The number of hydrogen-bond donors (Lipinski definition) is 0. The topological polar surface area (TPSA) is 43.1 Å². The molecule has 66 valence electrons. The zero-order chi connectivity index (χ0) is 9.84. The van der Waals surface area contributed by atoms with Gasteiger partial charge in [0.05, 0.1) is 4.92 Å². The Labute approximate surface area is 89.4 Å². The van der Waals surface area contributed by atoms with Gasteiger partial charge in [-0.25, -0.2) is 0 Å². The zero-order valence-electron chi connectivity index (χ0n) is 6.87. The molecule has 0 aliphatic heterocycles. The first kappa shape index (κ1) is 9.99. The number of para-hydroxylation sites is 1. The summed E-state index contributed by atoms with van der Waals surface area (Å²) in [5.41, 5.74) is 1.22. The number of rotatable bonds is 1. The van der Waals surface area contributed by atoms with Crippen LogP contribution < -0.4 is 0 Å². The summed E-state index contributed by atoms with van der Waals surface area (Å²) < 4.78 is 2.62. The molecule has 0 bridgehead atoms. The van der Waals surface area contributed by atoms with Crippen LogP contribution in [0.25, 0.3) is 0 Å². The second-order valence-electron chi connectivity index (χ2n) is 2.45. The summed E-state index contributed by atoms with van der Waals surface area (Å²) in [6.07, 6.45) is 0. The lowest BCUT2D eigenvalue weighted by Crippen LogP contribution is -1.94. The molecule has 13 heavy (non-hydrogen) atoms. The molecule has 3 nitrogen and oxygen atoms in total. The van der Waals surface area contributed by atoms with E-state index in [0.29, 0.717) is 11.1 Å². The van der Waals surface area contributed by atoms with E-state index in [1.165, 1.54) is 0 Å². The molecule has 0 heterocycles. The van der Waals surface area contributed by atoms with Crippen LogP contribution in [0.4, 0.5) is 5.69 Å². The van der Waals surface area contributed by atoms with Crippen LogP contribution in [-0.2, 0) is 0 Å². The van der Waals surface area contributed by atoms with Gasteiger partial charge in [0.15, 0.2) is 0 Å². The Morgan fingerprint density at radius 3 is 2.77 bits per heavy atom. The predicted octanol–water partition coefficient (Wildman–Crippen LogP) is 2.65. The van der Waals surface area contributed by atoms with Crippen LogP contribution in [0.1, 0.15) is 11.1 Å². The fourth-order valence-electron chi connectivity index (χ4n) is 1.05. The summed E-state index contributed by atoms with van der Waals surface area (Å²) in [7, 11) is 0. The third kappa shape index (κ3) is 2.18. The molecule has 0 aliphatic rings. The summed E-state index contributed by atoms with van der Waals surface area (Å²) >= 11 is 1.86. The Hall–Kier alpha value is -1.09. The highest BCUT2D eigenvalue weighted by molar-refractivity contribution is 14.1. The molecule has 0 spiro atoms. The molecule has 0 saturated carbocycles. The summed E-state index contributed by atoms with van der Waals surface area (Å²) in [5, 5.41) is 10.7. The molecule has 0 saturated heterocycles. The van der Waals surface area contributed by atoms with Gasteiger partial charge in [-0.1, -0.05) is 12.1 Å². The minimum atomic E-state index is -0.397. The standard InChI is InChI=1S/C9H6INO2/c1-7-3-2-4-8(5-6-10)9(7)11(12)13/h2-4H,1H3. The molecule has 1 aromatic carbocycles. The molecule has 0 fully saturated rings. The SMILES string of the molecule is Cc1cccc(C#CI)c1[N+](=O)[O-]. The van der Waals surface area contributed by atoms with Gasteiger partial charge in [0, 0.05) is 28.2 Å². The third-order valence-corrected chi connectivity index (χ3v) is 1.87. The van der Waals surface area contributed by atoms with Crippen molar-refractivity contribution >= 4 is 28.3 Å². The quantitative estimate of drug-likeness (QED) is 0.345. The van der Waals surface area contributed by atoms with Gasteiger partial charge in [0.2, 0.25) is 0 Å². The van der Waals surface area contributed by atoms with E-state index in [2.05, 4.69) is 9.85 Å². The average Bonchev–Trinajstić information content (AvgIpc) is 2.04. The molecule has 0 aliphatic carbocycles. The summed E-state index contributed by atoms with van der Waals surface area (Å²) in [6, 6.07) is 5.12. The van der Waals surface area contributed by atoms with E-state index < -0.39 is 4.92 Å². The van der Waals surface area contributed by atoms with Crippen LogP contribution in [0.2, 0.25) is 0 Å². The van der Waals surface area contributed by atoms with Crippen molar-refractivity contribution in [1.82, 2.24) is 0 Å². The van der Waals surface area contributed by atoms with Crippen molar-refractivity contribution in [2.45, 2.75) is 6.92 Å². The largest absolute Gasteiger partial charge is 0.287 e. The van der Waals surface area contributed by atoms with Crippen molar-refractivity contribution in [3.8, 4) is 9.85 Å². The Morgan fingerprint density at radius 2 is 2.23 bits per heavy atom. The van der Waals surface area contributed by atoms with E-state index >= 15 is 0 Å². The Bertz CT molecular complexity index is 404. The smallest absolute Gasteiger partial charge is 0.258 e. The van der Waals surface area contributed by atoms with Crippen molar-refractivity contribution in [1.29, 1.82) is 0 Å². The first-order valence-electron chi connectivity index (χ1n) is 3.52. The lowest BCUT2D eigenvalue weighted by molar-refractivity contribution is -0.385. The summed E-state index contributed by atoms with van der Waals surface area (Å²) in [4.78, 5) is 10.3. The summed E-state index contributed by atoms with van der Waals surface area (Å²) in [5.74, 6) is 2.69. The Morgan fingerprint density at radius 1 is 1.54 bits per heavy atom. The predicted molar refractivity (Wildman–Crippen MR) is 58.7 cm³/mol. The minimum Gasteiger partial charge on any atom is -0.258 e. The number of nitro benzene ring substituents is 1. The lowest BCUT2D eigenvalue weighted by Gasteiger charge is -1.97. The highest BCUT2D eigenvalue weighted by Gasteiger charge is 2.14. The van der Waals surface area contributed by atoms with E-state index in [4.69, 9.17) is 0 Å². The van der Waals surface area contributed by atoms with Crippen LogP contribution >= 0.6 is 22.6 Å². The van der Waals surface area contributed by atoms with Crippen molar-refractivity contribution in [3.05, 3.63) is 39.4 Å². The van der Waals surface area contributed by atoms with E-state index in [-0.39, 0.29) is 5.69 Å². The van der Waals surface area contributed by atoms with Crippen molar-refractivity contribution in [3.63, 3.8) is 0 Å². The lowest BCUT2D eigenvalue weighted by atomic mass is 10.1. The highest BCUT2D eigenvalue weighted by atomic mass is 127. The highest BCUT2D eigenvalue weighted by Crippen LogP contribution is 2.21. The van der Waals surface area contributed by atoms with Gasteiger partial charge in [0.25, 0.3) is 5.69 Å². The Kier molecular flexibility index (Phi) is 3.25. The van der Waals surface area contributed by atoms with Gasteiger partial charge < -0.3 is 0 Å². The third-order valence-electron chi connectivity index (χ3n) is 1.60. The van der Waals surface area contributed by atoms with Gasteiger partial charge >= 0.3 is 0 Å². The number of benzene rings is 1. The van der Waals surface area contributed by atoms with Gasteiger partial charge in [0.1, 0.15) is 5.56 Å². The van der Waals surface area contributed by atoms with Crippen LogP contribution in [0.5, 0.6) is 0 Å². The Balaban J connectivity index is 3.39. The molecule has 0 N–H and O–H groups in total. The zero-order valence-corrected chi connectivity index (χ0v) is 9.03. The van der Waals surface area contributed by atoms with E-state index in [1.54, 1.807) is 25.1 Å². The first-order chi connectivity index (χ1) is 6.16. The molecule has 1 rings (SSSR count). The maximum atomic E-state index is 10.7. The average molecular weight is 287 g/mol. The van der Waals surface area contributed by atoms with Crippen LogP contribution in [0.3, 0.4) is 0 Å². The second kappa shape index (κ2) is 4.23. The molecule has 0 radical (unpaired) electrons. The van der Waals surface area contributed by atoms with Crippen LogP contribution in [0, 0.1) is 26.9 Å². The maximum Gasteiger partial charge on any atom is 0.287 e. The van der Waals surface area contributed by atoms with Gasteiger partial charge in [-0.15, -0.1) is 0 Å².